The first-order valence-corrected chi connectivity index (χ1v) is 36.3. The molecule has 0 bridgehead atoms. The average molecular weight is 1510 g/mol. The molecule has 0 aromatic rings. The van der Waals surface area contributed by atoms with Crippen LogP contribution in [0.25, 0.3) is 0 Å². The van der Waals surface area contributed by atoms with Crippen molar-refractivity contribution in [3.63, 3.8) is 0 Å². The topological polar surface area (TPSA) is 490 Å². The molecule has 1 spiro atoms. The number of aliphatic hydroxyl groups excluding tert-OH is 13. The van der Waals surface area contributed by atoms with E-state index in [1.54, 1.807) is 6.92 Å². The number of cyclic esters (lactones) is 1. The van der Waals surface area contributed by atoms with E-state index in [-0.39, 0.29) is 18.3 Å². The molecule has 11 aliphatic rings. The van der Waals surface area contributed by atoms with Gasteiger partial charge in [-0.15, -0.1) is 6.58 Å². The molecule has 38 atom stereocenters. The molecule has 0 aromatic carbocycles. The van der Waals surface area contributed by atoms with Crippen molar-refractivity contribution in [1.82, 2.24) is 0 Å². The van der Waals surface area contributed by atoms with Crippen LogP contribution in [0.3, 0.4) is 0 Å². The maximum Gasteiger partial charge on any atom is 0.314 e. The summed E-state index contributed by atoms with van der Waals surface area (Å²) in [6.07, 6.45) is -43.2. The van der Waals surface area contributed by atoms with Crippen molar-refractivity contribution in [3.05, 3.63) is 23.8 Å². The summed E-state index contributed by atoms with van der Waals surface area (Å²) in [6, 6.07) is 0. The molecule has 7 saturated heterocycles. The number of carbonyl (C=O) groups is 3. The van der Waals surface area contributed by atoms with Gasteiger partial charge in [-0.25, -0.2) is 19.6 Å². The summed E-state index contributed by atoms with van der Waals surface area (Å²) in [5.74, 6) is -2.51. The van der Waals surface area contributed by atoms with Crippen LogP contribution in [0, 0.1) is 39.4 Å². The first kappa shape index (κ1) is 82.7. The average Bonchev–Trinajstić information content (AvgIpc) is 1.50. The number of esters is 3. The number of carbonyl (C=O) groups excluding carboxylic acids is 3. The first-order valence-electron chi connectivity index (χ1n) is 36.3. The van der Waals surface area contributed by atoms with E-state index < -0.39 is 268 Å². The maximum atomic E-state index is 15.1. The molecule has 4 aliphatic carbocycles. The summed E-state index contributed by atoms with van der Waals surface area (Å²) < 4.78 is 92.3. The molecule has 600 valence electrons. The molecular formula is C70H110O35. The van der Waals surface area contributed by atoms with Crippen molar-refractivity contribution in [3.8, 4) is 0 Å². The molecule has 10 fully saturated rings. The largest absolute Gasteiger partial charge is 0.462 e. The van der Waals surface area contributed by atoms with E-state index in [4.69, 9.17) is 85.7 Å². The van der Waals surface area contributed by atoms with E-state index in [9.17, 15) is 76.0 Å². The van der Waals surface area contributed by atoms with Gasteiger partial charge in [0.1, 0.15) is 122 Å². The molecule has 0 aromatic heterocycles. The Kier molecular flexibility index (Phi) is 25.5. The molecule has 35 nitrogen and oxygen atoms in total. The third kappa shape index (κ3) is 15.0. The molecule has 105 heavy (non-hydrogen) atoms. The van der Waals surface area contributed by atoms with Gasteiger partial charge in [0.05, 0.1) is 70.3 Å². The van der Waals surface area contributed by atoms with Crippen LogP contribution in [0.15, 0.2) is 23.8 Å². The zero-order valence-corrected chi connectivity index (χ0v) is 61.2. The quantitative estimate of drug-likeness (QED) is 0.0119. The molecule has 1 unspecified atom stereocenters. The Morgan fingerprint density at radius 1 is 0.581 bits per heavy atom. The van der Waals surface area contributed by atoms with Gasteiger partial charge in [0.25, 0.3) is 0 Å². The fraction of sp³-hybridized carbons (Fsp3) is 0.900. The fourth-order valence-electron chi connectivity index (χ4n) is 19.5. The SMILES string of the molecule is C=C(C)CCC(OC(C)=O)[C@]1(C)OC(=O)[C@]23CC=C4[C@@H](CC[C@H]5C(C)(C)[C@@H](O[C@@H]6OC[C@@H](O[C@@H]7O[C@H](C)[C@@H](O)[C@H](O[C@@H]8O[C@H](CO)[C@@H](O)[C@H](OOC)[C@H]8O)[C@H]7O)[C@H](O)[C@H]6O[C@@H]6O[C@H](C)[C@@H](O[C@@H]7OC[C@@H](O)[C@H](O[C@@H]8O[C@H](CO)[C@@H](O)[C@H](OOC)[C@H]8O)[C@H]7O)[C@H](O)[C@H]6O)CC[C@]45C)[C@]2(C)C[C@H](OC(C)=O)[C@H]13. The van der Waals surface area contributed by atoms with Gasteiger partial charge >= 0.3 is 17.9 Å². The van der Waals surface area contributed by atoms with E-state index in [1.807, 2.05) is 6.92 Å². The highest BCUT2D eigenvalue weighted by Crippen LogP contribution is 2.77. The van der Waals surface area contributed by atoms with E-state index >= 15 is 4.79 Å². The van der Waals surface area contributed by atoms with E-state index in [1.165, 1.54) is 27.7 Å². The fourth-order valence-corrected chi connectivity index (χ4v) is 19.5. The zero-order valence-electron chi connectivity index (χ0n) is 61.2. The van der Waals surface area contributed by atoms with Crippen LogP contribution in [0.2, 0.25) is 0 Å². The molecule has 7 aliphatic heterocycles. The summed E-state index contributed by atoms with van der Waals surface area (Å²) in [4.78, 5) is 60.5. The second kappa shape index (κ2) is 32.4. The molecular weight excluding hydrogens is 1400 g/mol. The molecule has 7 heterocycles. The lowest BCUT2D eigenvalue weighted by Crippen LogP contribution is -2.66. The van der Waals surface area contributed by atoms with Crippen molar-refractivity contribution >= 4 is 17.9 Å². The van der Waals surface area contributed by atoms with E-state index in [0.29, 0.717) is 44.9 Å². The number of ether oxygens (including phenoxy) is 15. The number of aliphatic hydroxyl groups is 13. The van der Waals surface area contributed by atoms with Gasteiger partial charge in [0.15, 0.2) is 55.5 Å². The Bertz CT molecular complexity index is 3040. The van der Waals surface area contributed by atoms with Gasteiger partial charge in [0, 0.05) is 13.8 Å². The smallest absolute Gasteiger partial charge is 0.314 e. The lowest BCUT2D eigenvalue weighted by Gasteiger charge is -2.63. The molecule has 0 amide bonds. The van der Waals surface area contributed by atoms with Gasteiger partial charge in [-0.2, -0.15) is 0 Å². The van der Waals surface area contributed by atoms with Gasteiger partial charge in [-0.05, 0) is 107 Å². The van der Waals surface area contributed by atoms with Gasteiger partial charge in [-0.3, -0.25) is 14.4 Å². The Labute approximate surface area is 607 Å². The Hall–Kier alpha value is -3.27. The van der Waals surface area contributed by atoms with Crippen LogP contribution in [-0.2, 0) is 105 Å². The van der Waals surface area contributed by atoms with Gasteiger partial charge in [-0.1, -0.05) is 44.9 Å². The number of allylic oxidation sites excluding steroid dienone is 3. The van der Waals surface area contributed by atoms with Crippen LogP contribution in [0.1, 0.15) is 121 Å². The van der Waals surface area contributed by atoms with E-state index in [2.05, 4.69) is 45.2 Å². The zero-order chi connectivity index (χ0) is 76.6. The van der Waals surface area contributed by atoms with Crippen LogP contribution in [0.4, 0.5) is 0 Å². The highest BCUT2D eigenvalue weighted by Gasteiger charge is 2.81. The molecule has 13 N–H and O–H groups in total. The minimum Gasteiger partial charge on any atom is -0.462 e. The summed E-state index contributed by atoms with van der Waals surface area (Å²) in [5.41, 5.74) is -2.61. The van der Waals surface area contributed by atoms with Gasteiger partial charge in [0.2, 0.25) is 0 Å². The number of rotatable bonds is 24. The predicted octanol–water partition coefficient (Wildman–Crippen LogP) is -2.47. The predicted molar refractivity (Wildman–Crippen MR) is 347 cm³/mol. The molecule has 11 rings (SSSR count). The van der Waals surface area contributed by atoms with Crippen LogP contribution >= 0.6 is 0 Å². The maximum absolute atomic E-state index is 15.1. The van der Waals surface area contributed by atoms with Crippen LogP contribution < -0.4 is 0 Å². The highest BCUT2D eigenvalue weighted by atomic mass is 17.2. The molecule has 0 radical (unpaired) electrons. The van der Waals surface area contributed by atoms with Crippen LogP contribution in [-0.4, -0.2) is 321 Å². The Morgan fingerprint density at radius 2 is 1.13 bits per heavy atom. The highest BCUT2D eigenvalue weighted by molar-refractivity contribution is 5.84. The summed E-state index contributed by atoms with van der Waals surface area (Å²) in [6.45, 7) is 19.1. The molecule has 3 saturated carbocycles. The third-order valence-corrected chi connectivity index (χ3v) is 24.8. The lowest BCUT2D eigenvalue weighted by atomic mass is 9.41. The van der Waals surface area contributed by atoms with Gasteiger partial charge < -0.3 is 137 Å². The van der Waals surface area contributed by atoms with Crippen molar-refractivity contribution in [2.24, 2.45) is 39.4 Å². The third-order valence-electron chi connectivity index (χ3n) is 24.8. The van der Waals surface area contributed by atoms with Crippen molar-refractivity contribution < 1.29 is 171 Å². The standard InChI is InChI=1S/C70H110O35/c1-27(2)14-17-41(94-31(6)74)69(11)58-35(93-30(5)73)22-68(10)33-15-16-39-66(7,8)40(19-20-67(39,9)32(33)18-21-70(58,68)65(86)103-69)98-64-57(45(79)38(26-90-64)97-61-49(83)54(42(76)28(3)91-61)101-63-51(85)56(105-88-13)44(78)37(24-72)96-63)102-60-47(81)46(80)52(29(4)92-60)99-59-48(82)53(34(75)25-89-59)100-62-50(84)55(104-87-12)43(77)36(23-71)95-62/h18,28-29,33-64,71-72,75-85H,1,14-17,19-26H2,2-13H3/t28-,29-,33-,34-,35+,36-,37-,38-,39+,40+,41?,42-,43-,44-,45+,46-,47-,48-,49-,50-,51-,52-,53+,54+,55+,56+,57-,58-,59+,60+,61+,62+,63+,64+,67-,68+,69+,70-/m1/s1. The number of hydrogen-bond acceptors (Lipinski definition) is 35. The normalized spacial score (nSPS) is 49.9. The Balaban J connectivity index is 0.841. The van der Waals surface area contributed by atoms with Crippen molar-refractivity contribution in [1.29, 1.82) is 0 Å². The van der Waals surface area contributed by atoms with Crippen molar-refractivity contribution in [2.45, 2.75) is 317 Å². The molecule has 35 heteroatoms. The number of fused-ring (bicyclic) bond motifs is 4. The second-order valence-electron chi connectivity index (χ2n) is 31.6. The summed E-state index contributed by atoms with van der Waals surface area (Å²) >= 11 is 0. The minimum atomic E-state index is -2.05. The van der Waals surface area contributed by atoms with E-state index in [0.717, 1.165) is 25.4 Å². The second-order valence-corrected chi connectivity index (χ2v) is 31.6. The van der Waals surface area contributed by atoms with Crippen molar-refractivity contribution in [2.75, 3.05) is 40.6 Å². The monoisotopic (exact) mass is 1510 g/mol. The summed E-state index contributed by atoms with van der Waals surface area (Å²) in [5, 5.41) is 147. The minimum absolute atomic E-state index is 0.114. The lowest BCUT2D eigenvalue weighted by molar-refractivity contribution is -0.407. The first-order chi connectivity index (χ1) is 49.5. The van der Waals surface area contributed by atoms with Crippen LogP contribution in [0.5, 0.6) is 0 Å². The Morgan fingerprint density at radius 3 is 1.72 bits per heavy atom. The number of hydrogen-bond donors (Lipinski definition) is 13. The summed E-state index contributed by atoms with van der Waals surface area (Å²) in [7, 11) is 2.23.